The van der Waals surface area contributed by atoms with E-state index in [4.69, 9.17) is 5.73 Å². The highest BCUT2D eigenvalue weighted by Gasteiger charge is 2.35. The summed E-state index contributed by atoms with van der Waals surface area (Å²) in [6, 6.07) is 2.29. The predicted molar refractivity (Wildman–Crippen MR) is 91.9 cm³/mol. The minimum absolute atomic E-state index is 0.342. The lowest BCUT2D eigenvalue weighted by molar-refractivity contribution is -0.142. The number of carboxylic acids is 1. The first-order chi connectivity index (χ1) is 11.9. The van der Waals surface area contributed by atoms with Crippen LogP contribution in [0.4, 0.5) is 0 Å². The van der Waals surface area contributed by atoms with Gasteiger partial charge in [-0.05, 0) is 44.4 Å². The molecule has 0 aliphatic heterocycles. The van der Waals surface area contributed by atoms with E-state index in [1.54, 1.807) is 29.9 Å². The average Bonchev–Trinajstić information content (AvgIpc) is 3.19. The zero-order valence-electron chi connectivity index (χ0n) is 14.4. The monoisotopic (exact) mass is 350 g/mol. The molecule has 1 aromatic rings. The quantitative estimate of drug-likeness (QED) is 0.534. The molecule has 0 spiro atoms. The normalized spacial score (nSPS) is 20.9. The summed E-state index contributed by atoms with van der Waals surface area (Å²) in [7, 11) is 1.75. The third-order valence-corrected chi connectivity index (χ3v) is 4.66. The first-order valence-electron chi connectivity index (χ1n) is 8.59. The summed E-state index contributed by atoms with van der Waals surface area (Å²) in [5.74, 6) is -2.16. The van der Waals surface area contributed by atoms with E-state index in [-0.39, 0.29) is 11.8 Å². The molecule has 8 heteroatoms. The number of aliphatic carboxylic acids is 1. The molecule has 0 unspecified atom stereocenters. The smallest absolute Gasteiger partial charge is 0.308 e. The van der Waals surface area contributed by atoms with E-state index >= 15 is 0 Å². The van der Waals surface area contributed by atoms with Gasteiger partial charge in [0.15, 0.2) is 0 Å². The van der Waals surface area contributed by atoms with Gasteiger partial charge in [-0.3, -0.25) is 14.4 Å². The molecule has 1 aromatic heterocycles. The Morgan fingerprint density at radius 2 is 2.16 bits per heavy atom. The maximum absolute atomic E-state index is 12.6. The van der Waals surface area contributed by atoms with E-state index in [9.17, 15) is 19.5 Å². The summed E-state index contributed by atoms with van der Waals surface area (Å²) in [4.78, 5) is 36.2. The lowest BCUT2D eigenvalue weighted by Crippen LogP contribution is -2.51. The Morgan fingerprint density at radius 1 is 1.40 bits per heavy atom. The number of aryl methyl sites for hydroxylation is 1. The van der Waals surface area contributed by atoms with Gasteiger partial charge in [-0.1, -0.05) is 6.42 Å². The second kappa shape index (κ2) is 8.66. The molecule has 8 nitrogen and oxygen atoms in total. The molecule has 0 bridgehead atoms. The topological polar surface area (TPSA) is 126 Å². The number of carboxylic acid groups (broad SMARTS) is 1. The van der Waals surface area contributed by atoms with E-state index in [1.165, 1.54) is 0 Å². The predicted octanol–water partition coefficient (Wildman–Crippen LogP) is 0.232. The number of hydrogen-bond donors (Lipinski definition) is 4. The van der Waals surface area contributed by atoms with Crippen LogP contribution in [0, 0.1) is 5.92 Å². The van der Waals surface area contributed by atoms with Crippen molar-refractivity contribution in [2.24, 2.45) is 18.7 Å². The average molecular weight is 350 g/mol. The second-order valence-corrected chi connectivity index (χ2v) is 6.45. The standard InChI is InChI=1S/C17H26N4O4/c1-21-10-4-8-14(21)16(23)20-13(7-3-9-18)15(22)19-12-6-2-5-11(12)17(24)25/h4,8,10-13H,2-3,5-7,9,18H2,1H3,(H,19,22)(H,20,23)(H,24,25)/t11-,12+,13+/m1/s1. The Kier molecular flexibility index (Phi) is 6.58. The number of nitrogens with one attached hydrogen (secondary N) is 2. The number of carbonyl (C=O) groups excluding carboxylic acids is 2. The Labute approximate surface area is 146 Å². The van der Waals surface area contributed by atoms with Crippen LogP contribution < -0.4 is 16.4 Å². The number of aromatic nitrogens is 1. The molecule has 138 valence electrons. The van der Waals surface area contributed by atoms with Gasteiger partial charge in [0.2, 0.25) is 5.91 Å². The molecule has 1 heterocycles. The molecule has 0 radical (unpaired) electrons. The molecular formula is C17H26N4O4. The molecule has 3 atom stereocenters. The van der Waals surface area contributed by atoms with Crippen LogP contribution in [0.3, 0.4) is 0 Å². The van der Waals surface area contributed by atoms with Crippen LogP contribution in [0.15, 0.2) is 18.3 Å². The molecule has 1 fully saturated rings. The van der Waals surface area contributed by atoms with E-state index < -0.39 is 24.0 Å². The van der Waals surface area contributed by atoms with Crippen molar-refractivity contribution in [2.45, 2.75) is 44.2 Å². The van der Waals surface area contributed by atoms with Gasteiger partial charge in [-0.25, -0.2) is 0 Å². The summed E-state index contributed by atoms with van der Waals surface area (Å²) in [6.07, 6.45) is 4.70. The zero-order chi connectivity index (χ0) is 18.4. The van der Waals surface area contributed by atoms with Crippen LogP contribution in [0.1, 0.15) is 42.6 Å². The van der Waals surface area contributed by atoms with Crippen molar-refractivity contribution in [3.63, 3.8) is 0 Å². The molecule has 1 aliphatic carbocycles. The maximum atomic E-state index is 12.6. The summed E-state index contributed by atoms with van der Waals surface area (Å²) >= 11 is 0. The van der Waals surface area contributed by atoms with Crippen LogP contribution in [0.5, 0.6) is 0 Å². The van der Waals surface area contributed by atoms with Crippen molar-refractivity contribution < 1.29 is 19.5 Å². The molecule has 0 aromatic carbocycles. The lowest BCUT2D eigenvalue weighted by atomic mass is 10.0. The van der Waals surface area contributed by atoms with Crippen molar-refractivity contribution in [1.82, 2.24) is 15.2 Å². The zero-order valence-corrected chi connectivity index (χ0v) is 14.4. The molecule has 2 amide bonds. The highest BCUT2D eigenvalue weighted by atomic mass is 16.4. The third kappa shape index (κ3) is 4.82. The fourth-order valence-corrected chi connectivity index (χ4v) is 3.23. The maximum Gasteiger partial charge on any atom is 0.308 e. The molecule has 25 heavy (non-hydrogen) atoms. The van der Waals surface area contributed by atoms with E-state index in [0.717, 1.165) is 6.42 Å². The molecule has 1 saturated carbocycles. The molecule has 1 aliphatic rings. The van der Waals surface area contributed by atoms with Crippen molar-refractivity contribution >= 4 is 17.8 Å². The third-order valence-electron chi connectivity index (χ3n) is 4.66. The van der Waals surface area contributed by atoms with Crippen LogP contribution >= 0.6 is 0 Å². The van der Waals surface area contributed by atoms with E-state index in [2.05, 4.69) is 10.6 Å². The summed E-state index contributed by atoms with van der Waals surface area (Å²) in [5, 5.41) is 14.8. The fraction of sp³-hybridized carbons (Fsp3) is 0.588. The molecule has 2 rings (SSSR count). The number of carbonyl (C=O) groups is 3. The van der Waals surface area contributed by atoms with Gasteiger partial charge in [-0.2, -0.15) is 0 Å². The SMILES string of the molecule is Cn1cccc1C(=O)N[C@@H](CCCN)C(=O)N[C@H]1CCC[C@H]1C(=O)O. The molecule has 5 N–H and O–H groups in total. The van der Waals surface area contributed by atoms with Gasteiger partial charge in [0.25, 0.3) is 5.91 Å². The Hall–Kier alpha value is -2.35. The minimum Gasteiger partial charge on any atom is -0.481 e. The number of rotatable bonds is 8. The molecule has 0 saturated heterocycles. The minimum atomic E-state index is -0.894. The largest absolute Gasteiger partial charge is 0.481 e. The number of nitrogens with two attached hydrogens (primary N) is 1. The number of nitrogens with zero attached hydrogens (tertiary/aromatic N) is 1. The Bertz CT molecular complexity index is 628. The summed E-state index contributed by atoms with van der Waals surface area (Å²) in [5.41, 5.74) is 5.98. The summed E-state index contributed by atoms with van der Waals surface area (Å²) < 4.78 is 1.67. The van der Waals surface area contributed by atoms with Crippen LogP contribution in [-0.4, -0.2) is 46.1 Å². The lowest BCUT2D eigenvalue weighted by Gasteiger charge is -2.23. The first-order valence-corrected chi connectivity index (χ1v) is 8.59. The van der Waals surface area contributed by atoms with Crippen molar-refractivity contribution in [1.29, 1.82) is 0 Å². The van der Waals surface area contributed by atoms with Gasteiger partial charge in [0, 0.05) is 19.3 Å². The van der Waals surface area contributed by atoms with Crippen molar-refractivity contribution in [3.05, 3.63) is 24.0 Å². The van der Waals surface area contributed by atoms with E-state index in [1.807, 2.05) is 0 Å². The highest BCUT2D eigenvalue weighted by molar-refractivity contribution is 5.96. The fourth-order valence-electron chi connectivity index (χ4n) is 3.23. The van der Waals surface area contributed by atoms with Crippen LogP contribution in [0.25, 0.3) is 0 Å². The summed E-state index contributed by atoms with van der Waals surface area (Å²) in [6.45, 7) is 0.408. The van der Waals surface area contributed by atoms with Gasteiger partial charge in [-0.15, -0.1) is 0 Å². The van der Waals surface area contributed by atoms with Crippen molar-refractivity contribution in [2.75, 3.05) is 6.54 Å². The van der Waals surface area contributed by atoms with Crippen molar-refractivity contribution in [3.8, 4) is 0 Å². The Balaban J connectivity index is 2.03. The van der Waals surface area contributed by atoms with Crippen LogP contribution in [-0.2, 0) is 16.6 Å². The number of hydrogen-bond acceptors (Lipinski definition) is 4. The van der Waals surface area contributed by atoms with Gasteiger partial charge in [0.1, 0.15) is 11.7 Å². The second-order valence-electron chi connectivity index (χ2n) is 6.45. The first kappa shape index (κ1) is 19.0. The Morgan fingerprint density at radius 3 is 2.76 bits per heavy atom. The van der Waals surface area contributed by atoms with E-state index in [0.29, 0.717) is 37.9 Å². The van der Waals surface area contributed by atoms with Gasteiger partial charge >= 0.3 is 5.97 Å². The van der Waals surface area contributed by atoms with Crippen LogP contribution in [0.2, 0.25) is 0 Å². The number of amides is 2. The highest BCUT2D eigenvalue weighted by Crippen LogP contribution is 2.26. The van der Waals surface area contributed by atoms with Gasteiger partial charge in [0.05, 0.1) is 5.92 Å². The van der Waals surface area contributed by atoms with Gasteiger partial charge < -0.3 is 26.0 Å². The molecular weight excluding hydrogens is 324 g/mol.